The number of rotatable bonds is 6. The van der Waals surface area contributed by atoms with Crippen molar-refractivity contribution in [1.29, 1.82) is 0 Å². The second-order valence-corrected chi connectivity index (χ2v) is 12.7. The lowest BCUT2D eigenvalue weighted by Gasteiger charge is -2.20. The van der Waals surface area contributed by atoms with Crippen molar-refractivity contribution in [3.8, 4) is 0 Å². The predicted molar refractivity (Wildman–Crippen MR) is 86.0 cm³/mol. The van der Waals surface area contributed by atoms with E-state index in [0.717, 1.165) is 5.56 Å². The highest BCUT2D eigenvalue weighted by Crippen LogP contribution is 2.19. The van der Waals surface area contributed by atoms with Crippen molar-refractivity contribution in [2.24, 2.45) is 0 Å². The molecule has 0 unspecified atom stereocenters. The summed E-state index contributed by atoms with van der Waals surface area (Å²) in [7, 11) is -5.02. The van der Waals surface area contributed by atoms with Crippen LogP contribution in [0.15, 0.2) is 40.4 Å². The summed E-state index contributed by atoms with van der Waals surface area (Å²) in [5.74, 6) is 0. The molecule has 0 fully saturated rings. The molecule has 0 aliphatic heterocycles. The van der Waals surface area contributed by atoms with Crippen molar-refractivity contribution in [2.75, 3.05) is 6.61 Å². The fourth-order valence-corrected chi connectivity index (χ4v) is 4.61. The van der Waals surface area contributed by atoms with E-state index in [-0.39, 0.29) is 11.5 Å². The molecule has 0 atom stereocenters. The molecule has 0 bridgehead atoms. The fraction of sp³-hybridized carbons (Fsp3) is 0.467. The molecule has 1 rings (SSSR count). The molecule has 0 aromatic heterocycles. The molecule has 0 aliphatic carbocycles. The highest BCUT2D eigenvalue weighted by Gasteiger charge is 2.20. The normalized spacial score (nSPS) is 13.6. The summed E-state index contributed by atoms with van der Waals surface area (Å²) in [6.07, 6.45) is 2.77. The summed E-state index contributed by atoms with van der Waals surface area (Å²) in [6.45, 7) is 10.9. The van der Waals surface area contributed by atoms with E-state index in [0.29, 0.717) is 6.42 Å². The first kappa shape index (κ1) is 17.1. The summed E-state index contributed by atoms with van der Waals surface area (Å²) >= 11 is 0. The molecule has 5 heteroatoms. The molecule has 0 saturated heterocycles. The molecule has 112 valence electrons. The standard InChI is InChI=1S/C15H24O3SSi/c1-6-15(20(3,4)5)11-12-18-19(16,17)14-9-7-13(2)8-10-14/h6-10H,11-12H2,1-5H3/b15-6+. The molecule has 0 heterocycles. The highest BCUT2D eigenvalue weighted by molar-refractivity contribution is 7.86. The minimum Gasteiger partial charge on any atom is -0.266 e. The second-order valence-electron chi connectivity index (χ2n) is 5.90. The zero-order valence-electron chi connectivity index (χ0n) is 12.9. The van der Waals surface area contributed by atoms with Gasteiger partial charge in [-0.1, -0.05) is 48.6 Å². The van der Waals surface area contributed by atoms with Crippen LogP contribution in [0.3, 0.4) is 0 Å². The first-order chi connectivity index (χ1) is 9.16. The van der Waals surface area contributed by atoms with Crippen molar-refractivity contribution in [2.45, 2.75) is 44.8 Å². The van der Waals surface area contributed by atoms with Crippen LogP contribution in [0.1, 0.15) is 18.9 Å². The SMILES string of the molecule is C/C=C(\CCOS(=O)(=O)c1ccc(C)cc1)[Si](C)(C)C. The third-order valence-corrected chi connectivity index (χ3v) is 7.02. The average molecular weight is 313 g/mol. The van der Waals surface area contributed by atoms with Gasteiger partial charge in [0.15, 0.2) is 0 Å². The van der Waals surface area contributed by atoms with Crippen LogP contribution >= 0.6 is 0 Å². The Morgan fingerprint density at radius 1 is 1.20 bits per heavy atom. The van der Waals surface area contributed by atoms with E-state index in [4.69, 9.17) is 4.18 Å². The Kier molecular flexibility index (Phi) is 5.74. The lowest BCUT2D eigenvalue weighted by Crippen LogP contribution is -2.25. The van der Waals surface area contributed by atoms with Crippen LogP contribution in [0.25, 0.3) is 0 Å². The van der Waals surface area contributed by atoms with Crippen molar-refractivity contribution in [1.82, 2.24) is 0 Å². The van der Waals surface area contributed by atoms with Crippen LogP contribution in [0, 0.1) is 6.92 Å². The smallest absolute Gasteiger partial charge is 0.266 e. The fourth-order valence-electron chi connectivity index (χ4n) is 1.99. The molecule has 0 aliphatic rings. The molecule has 0 spiro atoms. The number of hydrogen-bond acceptors (Lipinski definition) is 3. The molecule has 3 nitrogen and oxygen atoms in total. The molecule has 0 saturated carbocycles. The molecule has 0 amide bonds. The maximum absolute atomic E-state index is 12.0. The van der Waals surface area contributed by atoms with Crippen LogP contribution < -0.4 is 0 Å². The Balaban J connectivity index is 2.68. The minimum absolute atomic E-state index is 0.208. The van der Waals surface area contributed by atoms with Gasteiger partial charge in [-0.2, -0.15) is 8.42 Å². The number of benzene rings is 1. The Labute approximate surface area is 123 Å². The Hall–Kier alpha value is -0.913. The highest BCUT2D eigenvalue weighted by atomic mass is 32.2. The first-order valence-corrected chi connectivity index (χ1v) is 11.7. The summed E-state index contributed by atoms with van der Waals surface area (Å²) < 4.78 is 29.2. The van der Waals surface area contributed by atoms with Crippen LogP contribution in [0.4, 0.5) is 0 Å². The molecule has 0 N–H and O–H groups in total. The molecule has 1 aromatic rings. The first-order valence-electron chi connectivity index (χ1n) is 6.78. The predicted octanol–water partition coefficient (Wildman–Crippen LogP) is 3.91. The third kappa shape index (κ3) is 4.88. The second kappa shape index (κ2) is 6.69. The molecule has 1 aromatic carbocycles. The van der Waals surface area contributed by atoms with Gasteiger partial charge >= 0.3 is 0 Å². The van der Waals surface area contributed by atoms with Crippen LogP contribution in [-0.2, 0) is 14.3 Å². The Morgan fingerprint density at radius 3 is 2.20 bits per heavy atom. The zero-order chi connectivity index (χ0) is 15.4. The van der Waals surface area contributed by atoms with Gasteiger partial charge in [-0.3, -0.25) is 4.18 Å². The van der Waals surface area contributed by atoms with Gasteiger partial charge in [-0.25, -0.2) is 0 Å². The topological polar surface area (TPSA) is 43.4 Å². The van der Waals surface area contributed by atoms with Crippen molar-refractivity contribution < 1.29 is 12.6 Å². The van der Waals surface area contributed by atoms with Gasteiger partial charge in [0.1, 0.15) is 0 Å². The Morgan fingerprint density at radius 2 is 1.75 bits per heavy atom. The van der Waals surface area contributed by atoms with Gasteiger partial charge in [-0.15, -0.1) is 0 Å². The van der Waals surface area contributed by atoms with Crippen molar-refractivity contribution >= 4 is 18.2 Å². The van der Waals surface area contributed by atoms with E-state index < -0.39 is 18.2 Å². The molecular formula is C15H24O3SSi. The quantitative estimate of drug-likeness (QED) is 0.591. The lowest BCUT2D eigenvalue weighted by atomic mass is 10.2. The van der Waals surface area contributed by atoms with Crippen LogP contribution in [0.5, 0.6) is 0 Å². The van der Waals surface area contributed by atoms with E-state index in [9.17, 15) is 8.42 Å². The van der Waals surface area contributed by atoms with Gasteiger partial charge in [-0.05, 0) is 32.4 Å². The lowest BCUT2D eigenvalue weighted by molar-refractivity contribution is 0.323. The summed E-state index contributed by atoms with van der Waals surface area (Å²) in [6, 6.07) is 6.71. The number of allylic oxidation sites excluding steroid dienone is 1. The third-order valence-electron chi connectivity index (χ3n) is 3.23. The van der Waals surface area contributed by atoms with E-state index in [1.54, 1.807) is 24.3 Å². The van der Waals surface area contributed by atoms with E-state index in [1.165, 1.54) is 5.20 Å². The van der Waals surface area contributed by atoms with Crippen molar-refractivity contribution in [3.05, 3.63) is 41.1 Å². The molecular weight excluding hydrogens is 288 g/mol. The van der Waals surface area contributed by atoms with Gasteiger partial charge in [0.2, 0.25) is 0 Å². The molecule has 0 radical (unpaired) electrons. The maximum Gasteiger partial charge on any atom is 0.296 e. The largest absolute Gasteiger partial charge is 0.296 e. The zero-order valence-corrected chi connectivity index (χ0v) is 14.8. The van der Waals surface area contributed by atoms with Gasteiger partial charge in [0.25, 0.3) is 10.1 Å². The monoisotopic (exact) mass is 312 g/mol. The van der Waals surface area contributed by atoms with Crippen LogP contribution in [0.2, 0.25) is 19.6 Å². The number of hydrogen-bond donors (Lipinski definition) is 0. The van der Waals surface area contributed by atoms with E-state index >= 15 is 0 Å². The molecule has 20 heavy (non-hydrogen) atoms. The van der Waals surface area contributed by atoms with Crippen LogP contribution in [-0.4, -0.2) is 23.1 Å². The Bertz CT molecular complexity index is 566. The summed E-state index contributed by atoms with van der Waals surface area (Å²) in [5, 5.41) is 1.33. The van der Waals surface area contributed by atoms with Gasteiger partial charge < -0.3 is 0 Å². The van der Waals surface area contributed by atoms with E-state index in [2.05, 4.69) is 25.7 Å². The average Bonchev–Trinajstić information content (AvgIpc) is 2.33. The minimum atomic E-state index is -3.64. The van der Waals surface area contributed by atoms with Gasteiger partial charge in [0.05, 0.1) is 19.6 Å². The number of aryl methyl sites for hydroxylation is 1. The van der Waals surface area contributed by atoms with Gasteiger partial charge in [0, 0.05) is 0 Å². The summed E-state index contributed by atoms with van der Waals surface area (Å²) in [4.78, 5) is 0.220. The summed E-state index contributed by atoms with van der Waals surface area (Å²) in [5.41, 5.74) is 1.03. The van der Waals surface area contributed by atoms with Crippen molar-refractivity contribution in [3.63, 3.8) is 0 Å². The maximum atomic E-state index is 12.0. The van der Waals surface area contributed by atoms with E-state index in [1.807, 2.05) is 13.8 Å².